The van der Waals surface area contributed by atoms with E-state index in [9.17, 15) is 19.5 Å². The van der Waals surface area contributed by atoms with Crippen LogP contribution in [0.3, 0.4) is 0 Å². The molecule has 32 heavy (non-hydrogen) atoms. The molecular weight excluding hydrogens is 426 g/mol. The molecule has 0 aliphatic carbocycles. The number of hydrogen-bond acceptors (Lipinski definition) is 5. The number of nitrogens with zero attached hydrogens (tertiary/aromatic N) is 1. The summed E-state index contributed by atoms with van der Waals surface area (Å²) in [5.74, 6) is -1.37. The van der Waals surface area contributed by atoms with Crippen molar-refractivity contribution >= 4 is 29.5 Å². The summed E-state index contributed by atoms with van der Waals surface area (Å²) in [6, 6.07) is -1.12. The normalized spacial score (nSPS) is 35.2. The van der Waals surface area contributed by atoms with E-state index in [2.05, 4.69) is 24.5 Å². The van der Waals surface area contributed by atoms with Crippen LogP contribution >= 0.6 is 11.8 Å². The van der Waals surface area contributed by atoms with Crippen molar-refractivity contribution in [2.45, 2.75) is 101 Å². The highest BCUT2D eigenvalue weighted by Crippen LogP contribution is 2.71. The molecule has 182 valence electrons. The highest BCUT2D eigenvalue weighted by molar-refractivity contribution is 8.02. The van der Waals surface area contributed by atoms with E-state index in [1.807, 2.05) is 27.7 Å². The van der Waals surface area contributed by atoms with Crippen LogP contribution in [0, 0.1) is 17.8 Å². The molecule has 0 aromatic carbocycles. The van der Waals surface area contributed by atoms with Crippen LogP contribution in [-0.2, 0) is 14.4 Å². The number of aliphatic hydroxyl groups excluding tert-OH is 1. The summed E-state index contributed by atoms with van der Waals surface area (Å²) in [4.78, 5) is 42.6. The number of carbonyl (C=O) groups excluding carboxylic acids is 3. The summed E-state index contributed by atoms with van der Waals surface area (Å²) in [6.07, 6.45) is 4.19. The Bertz CT molecular complexity index is 747. The van der Waals surface area contributed by atoms with E-state index in [1.165, 1.54) is 0 Å². The molecule has 2 bridgehead atoms. The van der Waals surface area contributed by atoms with Gasteiger partial charge in [-0.3, -0.25) is 14.4 Å². The molecule has 3 heterocycles. The standard InChI is InChI=1S/C24H41N3O4S/c1-7-9-15(5)26-21(30)19-24-11-10-23(6,32-24)17(20(29)25-12-8-2)18(24)22(31)27(19)16(13-28)14(3)4/h14-19,28H,7-13H2,1-6H3,(H,25,29)(H,26,30)/t15?,16-,17-,18-,19?,23+,24?/m0/s1. The van der Waals surface area contributed by atoms with Crippen molar-refractivity contribution in [1.29, 1.82) is 0 Å². The number of aliphatic hydroxyl groups is 1. The van der Waals surface area contributed by atoms with Crippen LogP contribution in [0.1, 0.15) is 73.6 Å². The van der Waals surface area contributed by atoms with E-state index in [0.717, 1.165) is 32.1 Å². The zero-order valence-corrected chi connectivity index (χ0v) is 21.3. The van der Waals surface area contributed by atoms with Gasteiger partial charge in [-0.15, -0.1) is 11.8 Å². The van der Waals surface area contributed by atoms with Crippen molar-refractivity contribution in [2.75, 3.05) is 13.2 Å². The smallest absolute Gasteiger partial charge is 0.244 e. The molecule has 3 amide bonds. The maximum absolute atomic E-state index is 14.0. The summed E-state index contributed by atoms with van der Waals surface area (Å²) in [5.41, 5.74) is 0. The minimum absolute atomic E-state index is 0.00676. The lowest BCUT2D eigenvalue weighted by atomic mass is 9.66. The SMILES string of the molecule is CCCNC(=O)[C@@H]1[C@H]2C(=O)N([C@@H](CO)C(C)C)C(C(=O)NC(C)CCC)C23CC[C@@]1(C)S3. The highest BCUT2D eigenvalue weighted by Gasteiger charge is 2.77. The lowest BCUT2D eigenvalue weighted by Gasteiger charge is -2.39. The van der Waals surface area contributed by atoms with Crippen LogP contribution in [0.2, 0.25) is 0 Å². The minimum atomic E-state index is -0.672. The van der Waals surface area contributed by atoms with E-state index in [-0.39, 0.29) is 41.0 Å². The molecule has 8 heteroatoms. The maximum atomic E-state index is 14.0. The summed E-state index contributed by atoms with van der Waals surface area (Å²) in [5, 5.41) is 16.4. The van der Waals surface area contributed by atoms with Crippen molar-refractivity contribution in [3.8, 4) is 0 Å². The summed E-state index contributed by atoms with van der Waals surface area (Å²) in [7, 11) is 0. The summed E-state index contributed by atoms with van der Waals surface area (Å²) >= 11 is 1.68. The van der Waals surface area contributed by atoms with Gasteiger partial charge in [-0.25, -0.2) is 0 Å². The second-order valence-corrected chi connectivity index (χ2v) is 12.4. The minimum Gasteiger partial charge on any atom is -0.394 e. The number of likely N-dealkylation sites (tertiary alicyclic amines) is 1. The van der Waals surface area contributed by atoms with Crippen LogP contribution < -0.4 is 10.6 Å². The Kier molecular flexibility index (Phi) is 7.55. The Morgan fingerprint density at radius 1 is 1.19 bits per heavy atom. The lowest BCUT2D eigenvalue weighted by molar-refractivity contribution is -0.144. The fourth-order valence-electron chi connectivity index (χ4n) is 6.23. The molecule has 1 spiro atoms. The second kappa shape index (κ2) is 9.53. The van der Waals surface area contributed by atoms with Crippen LogP contribution in [0.4, 0.5) is 0 Å². The van der Waals surface area contributed by atoms with E-state index < -0.39 is 28.7 Å². The fraction of sp³-hybridized carbons (Fsp3) is 0.875. The van der Waals surface area contributed by atoms with Gasteiger partial charge in [0.25, 0.3) is 0 Å². The predicted molar refractivity (Wildman–Crippen MR) is 127 cm³/mol. The Balaban J connectivity index is 2.05. The molecular formula is C24H41N3O4S. The predicted octanol–water partition coefficient (Wildman–Crippen LogP) is 2.32. The zero-order valence-electron chi connectivity index (χ0n) is 20.4. The van der Waals surface area contributed by atoms with Gasteiger partial charge in [-0.05, 0) is 45.4 Å². The van der Waals surface area contributed by atoms with Gasteiger partial charge >= 0.3 is 0 Å². The Labute approximate surface area is 196 Å². The van der Waals surface area contributed by atoms with Gasteiger partial charge in [-0.2, -0.15) is 0 Å². The summed E-state index contributed by atoms with van der Waals surface area (Å²) < 4.78 is -0.983. The van der Waals surface area contributed by atoms with Crippen LogP contribution in [0.25, 0.3) is 0 Å². The molecule has 7 nitrogen and oxygen atoms in total. The average molecular weight is 468 g/mol. The molecule has 0 saturated carbocycles. The third kappa shape index (κ3) is 3.95. The van der Waals surface area contributed by atoms with Gasteiger partial charge in [0.2, 0.25) is 17.7 Å². The number of carbonyl (C=O) groups is 3. The quantitative estimate of drug-likeness (QED) is 0.458. The van der Waals surface area contributed by atoms with E-state index in [0.29, 0.717) is 6.54 Å². The third-order valence-corrected chi connectivity index (χ3v) is 9.70. The molecule has 3 unspecified atom stereocenters. The van der Waals surface area contributed by atoms with E-state index in [4.69, 9.17) is 0 Å². The van der Waals surface area contributed by atoms with E-state index >= 15 is 0 Å². The molecule has 3 aliphatic rings. The number of fused-ring (bicyclic) bond motifs is 1. The number of thioether (sulfide) groups is 1. The molecule has 3 fully saturated rings. The topological polar surface area (TPSA) is 98.7 Å². The molecule has 3 N–H and O–H groups in total. The largest absolute Gasteiger partial charge is 0.394 e. The van der Waals surface area contributed by atoms with Gasteiger partial charge in [-0.1, -0.05) is 34.1 Å². The molecule has 0 aromatic heterocycles. The van der Waals surface area contributed by atoms with Crippen LogP contribution in [0.15, 0.2) is 0 Å². The molecule has 0 aromatic rings. The Morgan fingerprint density at radius 3 is 2.44 bits per heavy atom. The first-order valence-corrected chi connectivity index (χ1v) is 13.1. The zero-order chi connectivity index (χ0) is 23.8. The number of hydrogen-bond donors (Lipinski definition) is 3. The van der Waals surface area contributed by atoms with E-state index in [1.54, 1.807) is 16.7 Å². The first-order chi connectivity index (χ1) is 15.1. The molecule has 0 radical (unpaired) electrons. The molecule has 3 saturated heterocycles. The van der Waals surface area contributed by atoms with Crippen LogP contribution in [0.5, 0.6) is 0 Å². The van der Waals surface area contributed by atoms with Gasteiger partial charge in [0, 0.05) is 17.3 Å². The molecule has 3 rings (SSSR count). The molecule has 7 atom stereocenters. The third-order valence-electron chi connectivity index (χ3n) is 7.72. The Morgan fingerprint density at radius 2 is 1.88 bits per heavy atom. The number of nitrogens with one attached hydrogen (secondary N) is 2. The second-order valence-electron chi connectivity index (χ2n) is 10.5. The van der Waals surface area contributed by atoms with Gasteiger partial charge in [0.05, 0.1) is 29.2 Å². The maximum Gasteiger partial charge on any atom is 0.244 e. The van der Waals surface area contributed by atoms with Crippen LogP contribution in [-0.4, -0.2) is 68.5 Å². The first kappa shape index (κ1) is 25.3. The molecule has 3 aliphatic heterocycles. The fourth-order valence-corrected chi connectivity index (χ4v) is 8.57. The number of rotatable bonds is 10. The van der Waals surface area contributed by atoms with Crippen molar-refractivity contribution in [3.63, 3.8) is 0 Å². The number of amides is 3. The Hall–Kier alpha value is -1.28. The lowest BCUT2D eigenvalue weighted by Crippen LogP contribution is -2.58. The van der Waals surface area contributed by atoms with Crippen molar-refractivity contribution in [3.05, 3.63) is 0 Å². The van der Waals surface area contributed by atoms with Gasteiger partial charge in [0.1, 0.15) is 6.04 Å². The van der Waals surface area contributed by atoms with Crippen molar-refractivity contribution in [2.24, 2.45) is 17.8 Å². The van der Waals surface area contributed by atoms with Gasteiger partial charge < -0.3 is 20.6 Å². The highest BCUT2D eigenvalue weighted by atomic mass is 32.2. The van der Waals surface area contributed by atoms with Crippen molar-refractivity contribution in [1.82, 2.24) is 15.5 Å². The first-order valence-electron chi connectivity index (χ1n) is 12.3. The average Bonchev–Trinajstić information content (AvgIpc) is 3.28. The van der Waals surface area contributed by atoms with Crippen molar-refractivity contribution < 1.29 is 19.5 Å². The van der Waals surface area contributed by atoms with Gasteiger partial charge in [0.15, 0.2) is 0 Å². The monoisotopic (exact) mass is 467 g/mol. The summed E-state index contributed by atoms with van der Waals surface area (Å²) in [6.45, 7) is 12.5.